The number of hydrogen-bond acceptors (Lipinski definition) is 1. The second-order valence-electron chi connectivity index (χ2n) is 4.00. The molecule has 0 spiro atoms. The molecule has 0 aromatic heterocycles. The van der Waals surface area contributed by atoms with Gasteiger partial charge in [-0.3, -0.25) is 0 Å². The minimum absolute atomic E-state index is 0.190. The Balaban J connectivity index is 4.22. The van der Waals surface area contributed by atoms with Gasteiger partial charge < -0.3 is 5.73 Å². The second kappa shape index (κ2) is 6.20. The Hall–Kier alpha value is -0.300. The van der Waals surface area contributed by atoms with Gasteiger partial charge in [0.1, 0.15) is 0 Å². The molecule has 0 aliphatic carbocycles. The first-order valence-corrected chi connectivity index (χ1v) is 5.52. The van der Waals surface area contributed by atoms with Crippen LogP contribution in [-0.2, 0) is 0 Å². The number of nitrogens with two attached hydrogens (primary N) is 1. The van der Waals surface area contributed by atoms with Crippen LogP contribution in [0.15, 0.2) is 12.2 Å². The third-order valence-electron chi connectivity index (χ3n) is 3.20. The van der Waals surface area contributed by atoms with Gasteiger partial charge in [0.25, 0.3) is 0 Å². The molecule has 0 aliphatic heterocycles. The summed E-state index contributed by atoms with van der Waals surface area (Å²) in [5, 5.41) is 0. The van der Waals surface area contributed by atoms with Crippen LogP contribution < -0.4 is 5.73 Å². The molecular weight excluding hydrogens is 158 g/mol. The highest BCUT2D eigenvalue weighted by atomic mass is 14.7. The molecular formula is C12H25N. The Morgan fingerprint density at radius 1 is 1.15 bits per heavy atom. The lowest BCUT2D eigenvalue weighted by atomic mass is 9.84. The van der Waals surface area contributed by atoms with E-state index in [9.17, 15) is 0 Å². The first kappa shape index (κ1) is 12.7. The minimum Gasteiger partial charge on any atom is -0.324 e. The van der Waals surface area contributed by atoms with Crippen LogP contribution in [0.5, 0.6) is 0 Å². The van der Waals surface area contributed by atoms with Crippen molar-refractivity contribution in [3.05, 3.63) is 12.2 Å². The van der Waals surface area contributed by atoms with Gasteiger partial charge in [-0.2, -0.15) is 0 Å². The molecule has 0 aromatic carbocycles. The van der Waals surface area contributed by atoms with Crippen LogP contribution >= 0.6 is 0 Å². The van der Waals surface area contributed by atoms with Crippen molar-refractivity contribution in [1.82, 2.24) is 0 Å². The molecule has 13 heavy (non-hydrogen) atoms. The van der Waals surface area contributed by atoms with Gasteiger partial charge in [-0.1, -0.05) is 46.3 Å². The van der Waals surface area contributed by atoms with Crippen LogP contribution in [0.2, 0.25) is 0 Å². The summed E-state index contributed by atoms with van der Waals surface area (Å²) >= 11 is 0. The molecule has 78 valence electrons. The van der Waals surface area contributed by atoms with Gasteiger partial charge in [-0.25, -0.2) is 0 Å². The average Bonchev–Trinajstić information content (AvgIpc) is 2.17. The SMILES string of the molecule is C=C(C(CC)CC)C(N)C(C)CC. The van der Waals surface area contributed by atoms with Crippen molar-refractivity contribution in [2.75, 3.05) is 0 Å². The third-order valence-corrected chi connectivity index (χ3v) is 3.20. The summed E-state index contributed by atoms with van der Waals surface area (Å²) in [7, 11) is 0. The van der Waals surface area contributed by atoms with Crippen LogP contribution in [0, 0.1) is 11.8 Å². The molecule has 1 heteroatoms. The summed E-state index contributed by atoms with van der Waals surface area (Å²) in [4.78, 5) is 0. The van der Waals surface area contributed by atoms with Crippen molar-refractivity contribution < 1.29 is 0 Å². The van der Waals surface area contributed by atoms with Crippen LogP contribution in [0.3, 0.4) is 0 Å². The smallest absolute Gasteiger partial charge is 0.0279 e. The maximum atomic E-state index is 6.12. The highest BCUT2D eigenvalue weighted by Crippen LogP contribution is 2.23. The van der Waals surface area contributed by atoms with Gasteiger partial charge in [0.2, 0.25) is 0 Å². The molecule has 0 rings (SSSR count). The second-order valence-corrected chi connectivity index (χ2v) is 4.00. The normalized spacial score (nSPS) is 15.8. The minimum atomic E-state index is 0.190. The fourth-order valence-electron chi connectivity index (χ4n) is 1.70. The summed E-state index contributed by atoms with van der Waals surface area (Å²) in [6.07, 6.45) is 3.47. The Labute approximate surface area is 83.4 Å². The van der Waals surface area contributed by atoms with Crippen molar-refractivity contribution in [2.24, 2.45) is 17.6 Å². The monoisotopic (exact) mass is 183 g/mol. The molecule has 0 radical (unpaired) electrons. The Morgan fingerprint density at radius 2 is 1.62 bits per heavy atom. The summed E-state index contributed by atoms with van der Waals surface area (Å²) in [5.74, 6) is 1.18. The van der Waals surface area contributed by atoms with Crippen LogP contribution in [0.1, 0.15) is 47.0 Å². The van der Waals surface area contributed by atoms with Gasteiger partial charge in [-0.15, -0.1) is 0 Å². The van der Waals surface area contributed by atoms with Crippen molar-refractivity contribution in [3.63, 3.8) is 0 Å². The molecule has 0 aromatic rings. The zero-order valence-corrected chi connectivity index (χ0v) is 9.64. The molecule has 0 aliphatic rings. The van der Waals surface area contributed by atoms with Gasteiger partial charge in [0.05, 0.1) is 0 Å². The Bertz CT molecular complexity index is 147. The van der Waals surface area contributed by atoms with E-state index in [1.54, 1.807) is 0 Å². The standard InChI is InChI=1S/C12H25N/c1-6-9(4)12(13)10(5)11(7-2)8-3/h9,11-12H,5-8,13H2,1-4H3. The lowest BCUT2D eigenvalue weighted by Crippen LogP contribution is -2.32. The quantitative estimate of drug-likeness (QED) is 0.628. The number of rotatable bonds is 6. The van der Waals surface area contributed by atoms with Crippen molar-refractivity contribution in [3.8, 4) is 0 Å². The lowest BCUT2D eigenvalue weighted by Gasteiger charge is -2.26. The lowest BCUT2D eigenvalue weighted by molar-refractivity contribution is 0.431. The molecule has 0 fully saturated rings. The van der Waals surface area contributed by atoms with E-state index in [2.05, 4.69) is 34.3 Å². The molecule has 0 heterocycles. The summed E-state index contributed by atoms with van der Waals surface area (Å²) in [6.45, 7) is 13.0. The average molecular weight is 183 g/mol. The van der Waals surface area contributed by atoms with E-state index >= 15 is 0 Å². The topological polar surface area (TPSA) is 26.0 Å². The molecule has 1 nitrogen and oxygen atoms in total. The molecule has 2 N–H and O–H groups in total. The molecule has 2 atom stereocenters. The van der Waals surface area contributed by atoms with Gasteiger partial charge in [0.15, 0.2) is 0 Å². The maximum Gasteiger partial charge on any atom is 0.0279 e. The molecule has 2 unspecified atom stereocenters. The van der Waals surface area contributed by atoms with Gasteiger partial charge in [-0.05, 0) is 24.7 Å². The van der Waals surface area contributed by atoms with E-state index in [-0.39, 0.29) is 6.04 Å². The number of hydrogen-bond donors (Lipinski definition) is 1. The zero-order chi connectivity index (χ0) is 10.4. The highest BCUT2D eigenvalue weighted by molar-refractivity contribution is 5.09. The fourth-order valence-corrected chi connectivity index (χ4v) is 1.70. The van der Waals surface area contributed by atoms with Crippen molar-refractivity contribution in [2.45, 2.75) is 53.0 Å². The Kier molecular flexibility index (Phi) is 6.06. The van der Waals surface area contributed by atoms with Crippen LogP contribution in [0.4, 0.5) is 0 Å². The molecule has 0 saturated heterocycles. The molecule has 0 amide bonds. The molecule has 0 bridgehead atoms. The van der Waals surface area contributed by atoms with Crippen LogP contribution in [-0.4, -0.2) is 6.04 Å². The fraction of sp³-hybridized carbons (Fsp3) is 0.833. The van der Waals surface area contributed by atoms with Crippen LogP contribution in [0.25, 0.3) is 0 Å². The molecule has 0 saturated carbocycles. The van der Waals surface area contributed by atoms with E-state index in [4.69, 9.17) is 5.73 Å². The van der Waals surface area contributed by atoms with Gasteiger partial charge in [0, 0.05) is 6.04 Å². The summed E-state index contributed by atoms with van der Waals surface area (Å²) < 4.78 is 0. The first-order valence-electron chi connectivity index (χ1n) is 5.52. The summed E-state index contributed by atoms with van der Waals surface area (Å²) in [6, 6.07) is 0.190. The van der Waals surface area contributed by atoms with Crippen molar-refractivity contribution >= 4 is 0 Å². The maximum absolute atomic E-state index is 6.12. The van der Waals surface area contributed by atoms with E-state index in [1.165, 1.54) is 18.4 Å². The van der Waals surface area contributed by atoms with Crippen molar-refractivity contribution in [1.29, 1.82) is 0 Å². The van der Waals surface area contributed by atoms with E-state index in [0.29, 0.717) is 11.8 Å². The van der Waals surface area contributed by atoms with E-state index in [1.807, 2.05) is 0 Å². The Morgan fingerprint density at radius 3 is 1.92 bits per heavy atom. The zero-order valence-electron chi connectivity index (χ0n) is 9.64. The highest BCUT2D eigenvalue weighted by Gasteiger charge is 2.19. The first-order chi connectivity index (χ1) is 6.08. The largest absolute Gasteiger partial charge is 0.324 e. The van der Waals surface area contributed by atoms with Gasteiger partial charge >= 0.3 is 0 Å². The van der Waals surface area contributed by atoms with E-state index in [0.717, 1.165) is 6.42 Å². The predicted molar refractivity (Wildman–Crippen MR) is 60.6 cm³/mol. The predicted octanol–water partition coefficient (Wildman–Crippen LogP) is 3.35. The van der Waals surface area contributed by atoms with E-state index < -0.39 is 0 Å². The summed E-state index contributed by atoms with van der Waals surface area (Å²) in [5.41, 5.74) is 7.37. The third kappa shape index (κ3) is 3.51.